The quantitative estimate of drug-likeness (QED) is 0.757. The van der Waals surface area contributed by atoms with Crippen LogP contribution in [0.25, 0.3) is 11.0 Å². The van der Waals surface area contributed by atoms with Gasteiger partial charge in [-0.2, -0.15) is 0 Å². The highest BCUT2D eigenvalue weighted by Gasteiger charge is 2.13. The van der Waals surface area contributed by atoms with Crippen LogP contribution < -0.4 is 5.73 Å². The van der Waals surface area contributed by atoms with Crippen LogP contribution in [-0.2, 0) is 6.42 Å². The Kier molecular flexibility index (Phi) is 3.23. The van der Waals surface area contributed by atoms with Crippen molar-refractivity contribution >= 4 is 22.6 Å². The maximum absolute atomic E-state index is 5.89. The van der Waals surface area contributed by atoms with E-state index in [1.807, 2.05) is 48.5 Å². The van der Waals surface area contributed by atoms with E-state index in [0.717, 1.165) is 28.3 Å². The lowest BCUT2D eigenvalue weighted by atomic mass is 10.0. The predicted octanol–water partition coefficient (Wildman–Crippen LogP) is 2.74. The number of hydrogen-bond donors (Lipinski definition) is 2. The first kappa shape index (κ1) is 12.2. The molecule has 0 aliphatic rings. The minimum atomic E-state index is 0.165. The zero-order valence-corrected chi connectivity index (χ0v) is 11.2. The number of quaternary nitrogens is 1. The fourth-order valence-electron chi connectivity index (χ4n) is 2.19. The van der Waals surface area contributed by atoms with Crippen molar-refractivity contribution in [2.45, 2.75) is 12.5 Å². The highest BCUT2D eigenvalue weighted by Crippen LogP contribution is 2.18. The molecule has 0 saturated heterocycles. The standard InChI is InChI=1S/C15H14ClN3/c16-11-7-5-10(6-8-11)12(17)9-15-18-13-3-1-2-4-14(13)19-15/h1-8,12H,9,17H2,(H,18,19)/p+1/t12-/m0/s1. The number of para-hydroxylation sites is 2. The molecule has 0 fully saturated rings. The topological polar surface area (TPSA) is 56.3 Å². The number of nitrogens with zero attached hydrogens (tertiary/aromatic N) is 1. The first-order valence-electron chi connectivity index (χ1n) is 6.24. The Balaban J connectivity index is 1.82. The molecule has 0 spiro atoms. The van der Waals surface area contributed by atoms with Crippen LogP contribution >= 0.6 is 11.6 Å². The van der Waals surface area contributed by atoms with Crippen molar-refractivity contribution in [3.05, 3.63) is 64.9 Å². The summed E-state index contributed by atoms with van der Waals surface area (Å²) >= 11 is 5.89. The van der Waals surface area contributed by atoms with Gasteiger partial charge in [-0.25, -0.2) is 4.98 Å². The summed E-state index contributed by atoms with van der Waals surface area (Å²) in [6, 6.07) is 16.0. The summed E-state index contributed by atoms with van der Waals surface area (Å²) in [4.78, 5) is 7.90. The van der Waals surface area contributed by atoms with Gasteiger partial charge in [-0.3, -0.25) is 0 Å². The Bertz CT molecular complexity index is 655. The molecule has 0 aliphatic carbocycles. The third kappa shape index (κ3) is 2.62. The minimum absolute atomic E-state index is 0.165. The normalized spacial score (nSPS) is 12.7. The highest BCUT2D eigenvalue weighted by atomic mass is 35.5. The van der Waals surface area contributed by atoms with Crippen LogP contribution in [0.15, 0.2) is 48.5 Å². The molecule has 1 aromatic heterocycles. The maximum atomic E-state index is 5.89. The van der Waals surface area contributed by atoms with Crippen molar-refractivity contribution < 1.29 is 5.73 Å². The van der Waals surface area contributed by atoms with Gasteiger partial charge in [0.25, 0.3) is 0 Å². The number of benzene rings is 2. The minimum Gasteiger partial charge on any atom is -0.351 e. The lowest BCUT2D eigenvalue weighted by Gasteiger charge is -2.06. The number of rotatable bonds is 3. The summed E-state index contributed by atoms with van der Waals surface area (Å²) in [7, 11) is 0. The molecule has 1 heterocycles. The monoisotopic (exact) mass is 272 g/mol. The third-order valence-corrected chi connectivity index (χ3v) is 3.47. The van der Waals surface area contributed by atoms with Gasteiger partial charge in [0.2, 0.25) is 0 Å². The van der Waals surface area contributed by atoms with Gasteiger partial charge in [-0.1, -0.05) is 35.9 Å². The lowest BCUT2D eigenvalue weighted by Crippen LogP contribution is -2.54. The van der Waals surface area contributed by atoms with Crippen molar-refractivity contribution in [1.82, 2.24) is 9.97 Å². The van der Waals surface area contributed by atoms with E-state index in [9.17, 15) is 0 Å². The van der Waals surface area contributed by atoms with E-state index >= 15 is 0 Å². The Morgan fingerprint density at radius 2 is 1.84 bits per heavy atom. The SMILES string of the molecule is [NH3+][C@@H](Cc1nc2ccccc2[nH]1)c1ccc(Cl)cc1. The third-order valence-electron chi connectivity index (χ3n) is 3.22. The van der Waals surface area contributed by atoms with Crippen LogP contribution in [0.5, 0.6) is 0 Å². The molecule has 2 aromatic carbocycles. The number of aromatic nitrogens is 2. The molecule has 0 unspecified atom stereocenters. The van der Waals surface area contributed by atoms with E-state index in [-0.39, 0.29) is 6.04 Å². The number of hydrogen-bond acceptors (Lipinski definition) is 1. The molecular formula is C15H15ClN3+. The zero-order chi connectivity index (χ0) is 13.2. The van der Waals surface area contributed by atoms with Gasteiger partial charge in [0.1, 0.15) is 11.9 Å². The number of imidazole rings is 1. The summed E-state index contributed by atoms with van der Waals surface area (Å²) in [6.07, 6.45) is 0.788. The average molecular weight is 273 g/mol. The molecule has 0 saturated carbocycles. The van der Waals surface area contributed by atoms with E-state index in [0.29, 0.717) is 0 Å². The zero-order valence-electron chi connectivity index (χ0n) is 10.4. The molecule has 3 aromatic rings. The molecule has 4 N–H and O–H groups in total. The largest absolute Gasteiger partial charge is 0.351 e. The van der Waals surface area contributed by atoms with Crippen molar-refractivity contribution in [1.29, 1.82) is 0 Å². The second-order valence-electron chi connectivity index (χ2n) is 4.65. The summed E-state index contributed by atoms with van der Waals surface area (Å²) in [5.41, 5.74) is 7.44. The van der Waals surface area contributed by atoms with Crippen LogP contribution in [0.2, 0.25) is 5.02 Å². The second-order valence-corrected chi connectivity index (χ2v) is 5.09. The van der Waals surface area contributed by atoms with Crippen LogP contribution in [0.4, 0.5) is 0 Å². The highest BCUT2D eigenvalue weighted by molar-refractivity contribution is 6.30. The van der Waals surface area contributed by atoms with Crippen molar-refractivity contribution in [3.8, 4) is 0 Å². The molecule has 0 radical (unpaired) electrons. The fraction of sp³-hybridized carbons (Fsp3) is 0.133. The number of halogens is 1. The predicted molar refractivity (Wildman–Crippen MR) is 76.9 cm³/mol. The summed E-state index contributed by atoms with van der Waals surface area (Å²) in [5, 5.41) is 0.750. The van der Waals surface area contributed by atoms with Crippen LogP contribution in [0.1, 0.15) is 17.4 Å². The van der Waals surface area contributed by atoms with E-state index in [4.69, 9.17) is 11.6 Å². The van der Waals surface area contributed by atoms with Crippen LogP contribution in [0, 0.1) is 0 Å². The molecule has 0 aliphatic heterocycles. The summed E-state index contributed by atoms with van der Waals surface area (Å²) in [5.74, 6) is 0.969. The number of fused-ring (bicyclic) bond motifs is 1. The molecule has 3 rings (SSSR count). The van der Waals surface area contributed by atoms with E-state index in [1.54, 1.807) is 0 Å². The number of nitrogens with one attached hydrogen (secondary N) is 1. The Morgan fingerprint density at radius 1 is 1.11 bits per heavy atom. The summed E-state index contributed by atoms with van der Waals surface area (Å²) in [6.45, 7) is 0. The molecule has 96 valence electrons. The average Bonchev–Trinajstić information content (AvgIpc) is 2.81. The van der Waals surface area contributed by atoms with Gasteiger partial charge in [0, 0.05) is 10.6 Å². The van der Waals surface area contributed by atoms with Gasteiger partial charge in [0.05, 0.1) is 17.5 Å². The number of aromatic amines is 1. The van der Waals surface area contributed by atoms with Gasteiger partial charge >= 0.3 is 0 Å². The van der Waals surface area contributed by atoms with E-state index in [1.165, 1.54) is 5.56 Å². The lowest BCUT2D eigenvalue weighted by molar-refractivity contribution is -0.426. The first-order valence-corrected chi connectivity index (χ1v) is 6.62. The first-order chi connectivity index (χ1) is 9.22. The maximum Gasteiger partial charge on any atom is 0.117 e. The summed E-state index contributed by atoms with van der Waals surface area (Å²) < 4.78 is 0. The Hall–Kier alpha value is -1.84. The van der Waals surface area contributed by atoms with Crippen molar-refractivity contribution in [3.63, 3.8) is 0 Å². The van der Waals surface area contributed by atoms with Gasteiger partial charge in [0.15, 0.2) is 0 Å². The van der Waals surface area contributed by atoms with Crippen molar-refractivity contribution in [2.75, 3.05) is 0 Å². The second kappa shape index (κ2) is 5.03. The Morgan fingerprint density at radius 3 is 2.58 bits per heavy atom. The van der Waals surface area contributed by atoms with Gasteiger partial charge in [-0.15, -0.1) is 0 Å². The molecule has 19 heavy (non-hydrogen) atoms. The molecule has 3 nitrogen and oxygen atoms in total. The van der Waals surface area contributed by atoms with Crippen LogP contribution in [-0.4, -0.2) is 9.97 Å². The molecule has 4 heteroatoms. The van der Waals surface area contributed by atoms with E-state index in [2.05, 4.69) is 15.7 Å². The van der Waals surface area contributed by atoms with Crippen molar-refractivity contribution in [2.24, 2.45) is 0 Å². The van der Waals surface area contributed by atoms with Gasteiger partial charge in [-0.05, 0) is 24.3 Å². The molecule has 1 atom stereocenters. The number of H-pyrrole nitrogens is 1. The molecule has 0 bridgehead atoms. The van der Waals surface area contributed by atoms with Gasteiger partial charge < -0.3 is 10.7 Å². The molecular weight excluding hydrogens is 258 g/mol. The Labute approximate surface area is 116 Å². The fourth-order valence-corrected chi connectivity index (χ4v) is 2.31. The smallest absolute Gasteiger partial charge is 0.117 e. The van der Waals surface area contributed by atoms with Crippen LogP contribution in [0.3, 0.4) is 0 Å². The molecule has 0 amide bonds. The van der Waals surface area contributed by atoms with E-state index < -0.39 is 0 Å².